The maximum Gasteiger partial charge on any atom is 0.329 e. The van der Waals surface area contributed by atoms with Crippen LogP contribution in [0.5, 0.6) is 0 Å². The first kappa shape index (κ1) is 22.1. The topological polar surface area (TPSA) is 83.1 Å². The third kappa shape index (κ3) is 3.72. The third-order valence-corrected chi connectivity index (χ3v) is 6.02. The monoisotopic (exact) mass is 448 g/mol. The molecule has 33 heavy (non-hydrogen) atoms. The SMILES string of the molecule is COC(=O)C1(C#N)C(c2ccc(F)cc2)NC(=O)C([n+]2ccccc2)C1c1ccc(F)cc1. The number of nitrogens with zero attached hydrogens (tertiary/aromatic N) is 2. The van der Waals surface area contributed by atoms with Crippen molar-refractivity contribution < 1.29 is 27.7 Å². The van der Waals surface area contributed by atoms with Gasteiger partial charge in [0, 0.05) is 12.1 Å². The Bertz CT molecular complexity index is 1210. The fourth-order valence-electron chi connectivity index (χ4n) is 4.54. The Morgan fingerprint density at radius 3 is 2.06 bits per heavy atom. The van der Waals surface area contributed by atoms with E-state index in [0.717, 1.165) is 7.11 Å². The minimum absolute atomic E-state index is 0.361. The first-order valence-corrected chi connectivity index (χ1v) is 10.2. The number of ether oxygens (including phenoxy) is 1. The molecule has 1 aliphatic rings. The van der Waals surface area contributed by atoms with Crippen LogP contribution in [0.1, 0.15) is 29.1 Å². The van der Waals surface area contributed by atoms with Crippen molar-refractivity contribution in [3.05, 3.63) is 102 Å². The molecule has 4 rings (SSSR count). The van der Waals surface area contributed by atoms with Gasteiger partial charge in [0.2, 0.25) is 6.04 Å². The number of nitrogens with one attached hydrogen (secondary N) is 1. The van der Waals surface area contributed by atoms with Crippen LogP contribution in [0.25, 0.3) is 0 Å². The van der Waals surface area contributed by atoms with Gasteiger partial charge in [-0.25, -0.2) is 8.78 Å². The van der Waals surface area contributed by atoms with Crippen molar-refractivity contribution in [2.75, 3.05) is 7.11 Å². The molecule has 2 heterocycles. The average Bonchev–Trinajstić information content (AvgIpc) is 2.84. The number of carbonyl (C=O) groups excluding carboxylic acids is 2. The number of piperidine rings is 1. The summed E-state index contributed by atoms with van der Waals surface area (Å²) < 4.78 is 34.0. The van der Waals surface area contributed by atoms with E-state index in [0.29, 0.717) is 11.1 Å². The summed E-state index contributed by atoms with van der Waals surface area (Å²) in [5, 5.41) is 13.3. The van der Waals surface area contributed by atoms with Gasteiger partial charge < -0.3 is 10.1 Å². The second-order valence-electron chi connectivity index (χ2n) is 7.76. The maximum absolute atomic E-state index is 13.8. The van der Waals surface area contributed by atoms with Gasteiger partial charge in [-0.15, -0.1) is 0 Å². The molecule has 166 valence electrons. The molecule has 2 aromatic carbocycles. The lowest BCUT2D eigenvalue weighted by atomic mass is 9.61. The van der Waals surface area contributed by atoms with E-state index < -0.39 is 46.9 Å². The lowest BCUT2D eigenvalue weighted by molar-refractivity contribution is -0.715. The van der Waals surface area contributed by atoms with E-state index in [2.05, 4.69) is 11.4 Å². The molecule has 1 amide bonds. The summed E-state index contributed by atoms with van der Waals surface area (Å²) in [4.78, 5) is 26.8. The minimum Gasteiger partial charge on any atom is -0.468 e. The maximum atomic E-state index is 13.8. The number of pyridine rings is 1. The molecule has 6 nitrogen and oxygen atoms in total. The Morgan fingerprint density at radius 1 is 1.00 bits per heavy atom. The first-order valence-electron chi connectivity index (χ1n) is 10.2. The molecule has 1 saturated heterocycles. The van der Waals surface area contributed by atoms with E-state index in [4.69, 9.17) is 4.74 Å². The van der Waals surface area contributed by atoms with Gasteiger partial charge in [-0.05, 0) is 35.4 Å². The van der Waals surface area contributed by atoms with Crippen LogP contribution in [-0.2, 0) is 14.3 Å². The van der Waals surface area contributed by atoms with E-state index in [9.17, 15) is 23.6 Å². The predicted molar refractivity (Wildman–Crippen MR) is 112 cm³/mol. The highest BCUT2D eigenvalue weighted by Gasteiger charge is 2.65. The van der Waals surface area contributed by atoms with Crippen LogP contribution in [0.3, 0.4) is 0 Å². The molecule has 0 spiro atoms. The molecule has 1 aromatic heterocycles. The van der Waals surface area contributed by atoms with E-state index in [1.807, 2.05) is 0 Å². The summed E-state index contributed by atoms with van der Waals surface area (Å²) in [7, 11) is 1.16. The number of aromatic nitrogens is 1. The first-order chi connectivity index (χ1) is 15.9. The molecular formula is C25H20F2N3O3+. The van der Waals surface area contributed by atoms with Gasteiger partial charge in [-0.1, -0.05) is 30.3 Å². The smallest absolute Gasteiger partial charge is 0.329 e. The molecule has 0 bridgehead atoms. The van der Waals surface area contributed by atoms with Crippen LogP contribution in [0.15, 0.2) is 79.1 Å². The van der Waals surface area contributed by atoms with Gasteiger partial charge in [-0.3, -0.25) is 9.59 Å². The van der Waals surface area contributed by atoms with Crippen molar-refractivity contribution in [1.29, 1.82) is 5.26 Å². The number of carbonyl (C=O) groups is 2. The number of rotatable bonds is 4. The number of halogens is 2. The van der Waals surface area contributed by atoms with E-state index in [-0.39, 0.29) is 0 Å². The Hall–Kier alpha value is -4.12. The second kappa shape index (κ2) is 8.79. The molecule has 1 N–H and O–H groups in total. The molecule has 0 aliphatic carbocycles. The molecule has 1 aliphatic heterocycles. The zero-order valence-corrected chi connectivity index (χ0v) is 17.6. The number of esters is 1. The highest BCUT2D eigenvalue weighted by molar-refractivity contribution is 5.90. The summed E-state index contributed by atoms with van der Waals surface area (Å²) in [6, 6.07) is 15.7. The highest BCUT2D eigenvalue weighted by Crippen LogP contribution is 2.53. The summed E-state index contributed by atoms with van der Waals surface area (Å²) in [6.07, 6.45) is 3.30. The van der Waals surface area contributed by atoms with Crippen LogP contribution in [0, 0.1) is 28.4 Å². The van der Waals surface area contributed by atoms with Crippen molar-refractivity contribution in [2.45, 2.75) is 18.0 Å². The molecule has 8 heteroatoms. The summed E-state index contributed by atoms with van der Waals surface area (Å²) in [6.45, 7) is 0. The molecule has 1 fully saturated rings. The van der Waals surface area contributed by atoms with Crippen LogP contribution >= 0.6 is 0 Å². The van der Waals surface area contributed by atoms with Crippen LogP contribution < -0.4 is 9.88 Å². The lowest BCUT2D eigenvalue weighted by Gasteiger charge is -2.44. The second-order valence-corrected chi connectivity index (χ2v) is 7.76. The van der Waals surface area contributed by atoms with Crippen molar-refractivity contribution in [3.63, 3.8) is 0 Å². The zero-order chi connectivity index (χ0) is 23.6. The summed E-state index contributed by atoms with van der Waals surface area (Å²) in [5.74, 6) is -3.38. The van der Waals surface area contributed by atoms with Gasteiger partial charge in [0.25, 0.3) is 5.91 Å². The fraction of sp³-hybridized carbons (Fsp3) is 0.200. The Labute approximate surface area is 189 Å². The van der Waals surface area contributed by atoms with Crippen LogP contribution in [-0.4, -0.2) is 19.0 Å². The number of methoxy groups -OCH3 is 1. The van der Waals surface area contributed by atoms with Gasteiger partial charge in [0.1, 0.15) is 11.6 Å². The number of hydrogen-bond acceptors (Lipinski definition) is 4. The number of hydrogen-bond donors (Lipinski definition) is 1. The number of nitriles is 1. The van der Waals surface area contributed by atoms with Crippen LogP contribution in [0.2, 0.25) is 0 Å². The Morgan fingerprint density at radius 2 is 1.55 bits per heavy atom. The van der Waals surface area contributed by atoms with Gasteiger partial charge in [-0.2, -0.15) is 9.83 Å². The largest absolute Gasteiger partial charge is 0.468 e. The molecular weight excluding hydrogens is 428 g/mol. The van der Waals surface area contributed by atoms with E-state index >= 15 is 0 Å². The van der Waals surface area contributed by atoms with Gasteiger partial charge in [0.15, 0.2) is 17.8 Å². The molecule has 3 aromatic rings. The third-order valence-electron chi connectivity index (χ3n) is 6.02. The minimum atomic E-state index is -1.94. The van der Waals surface area contributed by atoms with Crippen molar-refractivity contribution in [1.82, 2.24) is 5.32 Å². The molecule has 0 radical (unpaired) electrons. The normalized spacial score (nSPS) is 24.4. The Balaban J connectivity index is 2.01. The standard InChI is InChI=1S/C25H19F2N3O3/c1-33-24(32)25(15-28)20(16-5-9-18(26)10-6-16)21(30-13-3-2-4-14-30)23(31)29-22(25)17-7-11-19(27)12-8-17/h2-14,20-22H,1H3/p+1. The number of benzene rings is 2. The van der Waals surface area contributed by atoms with Crippen molar-refractivity contribution >= 4 is 11.9 Å². The fourth-order valence-corrected chi connectivity index (χ4v) is 4.54. The van der Waals surface area contributed by atoms with Gasteiger partial charge in [0.05, 0.1) is 25.1 Å². The molecule has 4 atom stereocenters. The lowest BCUT2D eigenvalue weighted by Crippen LogP contribution is -2.64. The summed E-state index contributed by atoms with van der Waals surface area (Å²) >= 11 is 0. The Kier molecular flexibility index (Phi) is 5.88. The van der Waals surface area contributed by atoms with Crippen molar-refractivity contribution in [3.8, 4) is 6.07 Å². The molecule has 4 unspecified atom stereocenters. The number of amides is 1. The van der Waals surface area contributed by atoms with E-state index in [1.54, 1.807) is 35.2 Å². The van der Waals surface area contributed by atoms with Crippen molar-refractivity contribution in [2.24, 2.45) is 5.41 Å². The highest BCUT2D eigenvalue weighted by atomic mass is 19.1. The van der Waals surface area contributed by atoms with E-state index in [1.165, 1.54) is 48.5 Å². The zero-order valence-electron chi connectivity index (χ0n) is 17.6. The van der Waals surface area contributed by atoms with Gasteiger partial charge >= 0.3 is 5.97 Å². The predicted octanol–water partition coefficient (Wildman–Crippen LogP) is 3.13. The molecule has 0 saturated carbocycles. The summed E-state index contributed by atoms with van der Waals surface area (Å²) in [5.41, 5.74) is -1.17. The average molecular weight is 448 g/mol. The quantitative estimate of drug-likeness (QED) is 0.491. The van der Waals surface area contributed by atoms with Crippen LogP contribution in [0.4, 0.5) is 8.78 Å².